The molecule has 0 heterocycles. The van der Waals surface area contributed by atoms with Gasteiger partial charge in [0, 0.05) is 6.04 Å². The van der Waals surface area contributed by atoms with Gasteiger partial charge in [-0.25, -0.2) is 0 Å². The van der Waals surface area contributed by atoms with E-state index in [1.54, 1.807) is 6.92 Å². The van der Waals surface area contributed by atoms with Gasteiger partial charge >= 0.3 is 6.18 Å². The lowest BCUT2D eigenvalue weighted by Crippen LogP contribution is -2.17. The SMILES string of the molecule is Cc1cc(C(F)(F)F)ccc1C(N)C1CC1(C)C. The van der Waals surface area contributed by atoms with Gasteiger partial charge in [0.05, 0.1) is 5.56 Å². The Morgan fingerprint density at radius 1 is 1.33 bits per heavy atom. The lowest BCUT2D eigenvalue weighted by Gasteiger charge is -2.18. The Morgan fingerprint density at radius 3 is 2.28 bits per heavy atom. The van der Waals surface area contributed by atoms with Crippen molar-refractivity contribution in [1.29, 1.82) is 0 Å². The van der Waals surface area contributed by atoms with Crippen LogP contribution in [0.15, 0.2) is 18.2 Å². The molecule has 1 fully saturated rings. The Kier molecular flexibility index (Phi) is 2.97. The second-order valence-corrected chi connectivity index (χ2v) is 5.89. The van der Waals surface area contributed by atoms with E-state index in [-0.39, 0.29) is 11.5 Å². The molecule has 18 heavy (non-hydrogen) atoms. The molecule has 1 aromatic rings. The highest BCUT2D eigenvalue weighted by Crippen LogP contribution is 2.57. The number of hydrogen-bond acceptors (Lipinski definition) is 1. The lowest BCUT2D eigenvalue weighted by molar-refractivity contribution is -0.137. The highest BCUT2D eigenvalue weighted by molar-refractivity contribution is 5.35. The number of halogens is 3. The number of hydrogen-bond donors (Lipinski definition) is 1. The predicted octanol–water partition coefficient (Wildman–Crippen LogP) is 4.06. The van der Waals surface area contributed by atoms with Crippen LogP contribution in [0.25, 0.3) is 0 Å². The van der Waals surface area contributed by atoms with Crippen LogP contribution >= 0.6 is 0 Å². The summed E-state index contributed by atoms with van der Waals surface area (Å²) in [6, 6.07) is 3.67. The first-order valence-electron chi connectivity index (χ1n) is 6.06. The van der Waals surface area contributed by atoms with Gasteiger partial charge in [-0.05, 0) is 47.9 Å². The lowest BCUT2D eigenvalue weighted by atomic mass is 9.93. The first kappa shape index (κ1) is 13.4. The summed E-state index contributed by atoms with van der Waals surface area (Å²) in [5, 5.41) is 0. The maximum atomic E-state index is 12.6. The van der Waals surface area contributed by atoms with Crippen LogP contribution in [0, 0.1) is 18.3 Å². The second-order valence-electron chi connectivity index (χ2n) is 5.89. The molecule has 100 valence electrons. The fraction of sp³-hybridized carbons (Fsp3) is 0.571. The van der Waals surface area contributed by atoms with Gasteiger partial charge in [-0.1, -0.05) is 19.9 Å². The molecule has 2 rings (SSSR count). The molecule has 0 amide bonds. The summed E-state index contributed by atoms with van der Waals surface area (Å²) < 4.78 is 37.7. The van der Waals surface area contributed by atoms with Gasteiger partial charge in [-0.2, -0.15) is 13.2 Å². The molecule has 1 aliphatic carbocycles. The van der Waals surface area contributed by atoms with Crippen molar-refractivity contribution in [3.05, 3.63) is 34.9 Å². The monoisotopic (exact) mass is 257 g/mol. The molecule has 1 nitrogen and oxygen atoms in total. The van der Waals surface area contributed by atoms with Crippen LogP contribution in [0.2, 0.25) is 0 Å². The van der Waals surface area contributed by atoms with Crippen molar-refractivity contribution in [1.82, 2.24) is 0 Å². The molecule has 1 saturated carbocycles. The first-order valence-corrected chi connectivity index (χ1v) is 6.06. The molecule has 0 saturated heterocycles. The third kappa shape index (κ3) is 2.39. The zero-order chi connectivity index (χ0) is 13.7. The highest BCUT2D eigenvalue weighted by Gasteiger charge is 2.49. The maximum Gasteiger partial charge on any atom is 0.416 e. The summed E-state index contributed by atoms with van der Waals surface area (Å²) in [5.74, 6) is 0.368. The van der Waals surface area contributed by atoms with Crippen LogP contribution in [-0.2, 0) is 6.18 Å². The minimum Gasteiger partial charge on any atom is -0.324 e. The molecule has 2 N–H and O–H groups in total. The zero-order valence-electron chi connectivity index (χ0n) is 10.8. The van der Waals surface area contributed by atoms with Crippen molar-refractivity contribution >= 4 is 0 Å². The van der Waals surface area contributed by atoms with Crippen LogP contribution < -0.4 is 5.73 Å². The van der Waals surface area contributed by atoms with E-state index in [9.17, 15) is 13.2 Å². The second kappa shape index (κ2) is 3.98. The van der Waals surface area contributed by atoms with Gasteiger partial charge in [0.1, 0.15) is 0 Å². The molecule has 2 atom stereocenters. The molecule has 1 aliphatic rings. The van der Waals surface area contributed by atoms with E-state index in [0.29, 0.717) is 11.5 Å². The summed E-state index contributed by atoms with van der Waals surface area (Å²) in [6.45, 7) is 5.97. The number of nitrogens with two attached hydrogens (primary N) is 1. The molecular weight excluding hydrogens is 239 g/mol. The molecule has 0 radical (unpaired) electrons. The van der Waals surface area contributed by atoms with E-state index in [0.717, 1.165) is 18.1 Å². The molecule has 0 aromatic heterocycles. The van der Waals surface area contributed by atoms with E-state index >= 15 is 0 Å². The standard InChI is InChI=1S/C14H18F3N/c1-8-6-9(14(15,16)17)4-5-10(8)12(18)11-7-13(11,2)3/h4-6,11-12H,7,18H2,1-3H3. The molecular formula is C14H18F3N. The van der Waals surface area contributed by atoms with Gasteiger partial charge in [0.25, 0.3) is 0 Å². The minimum atomic E-state index is -4.29. The van der Waals surface area contributed by atoms with Crippen LogP contribution in [0.5, 0.6) is 0 Å². The quantitative estimate of drug-likeness (QED) is 0.849. The summed E-state index contributed by atoms with van der Waals surface area (Å²) in [4.78, 5) is 0. The van der Waals surface area contributed by atoms with Gasteiger partial charge in [-0.15, -0.1) is 0 Å². The van der Waals surface area contributed by atoms with Gasteiger partial charge in [0.2, 0.25) is 0 Å². The molecule has 1 aromatic carbocycles. The average molecular weight is 257 g/mol. The van der Waals surface area contributed by atoms with Gasteiger partial charge < -0.3 is 5.73 Å². The number of alkyl halides is 3. The Balaban J connectivity index is 2.26. The first-order chi connectivity index (χ1) is 8.13. The minimum absolute atomic E-state index is 0.165. The van der Waals surface area contributed by atoms with E-state index in [1.807, 2.05) is 0 Å². The Hall–Kier alpha value is -1.03. The molecule has 0 spiro atoms. The summed E-state index contributed by atoms with van der Waals surface area (Å²) >= 11 is 0. The fourth-order valence-corrected chi connectivity index (χ4v) is 2.56. The van der Waals surface area contributed by atoms with Crippen LogP contribution in [-0.4, -0.2) is 0 Å². The fourth-order valence-electron chi connectivity index (χ4n) is 2.56. The summed E-state index contributed by atoms with van der Waals surface area (Å²) in [5.41, 5.74) is 7.22. The van der Waals surface area contributed by atoms with E-state index < -0.39 is 11.7 Å². The van der Waals surface area contributed by atoms with E-state index in [4.69, 9.17) is 5.73 Å². The van der Waals surface area contributed by atoms with E-state index in [1.165, 1.54) is 12.1 Å². The molecule has 0 aliphatic heterocycles. The van der Waals surface area contributed by atoms with Crippen molar-refractivity contribution in [3.8, 4) is 0 Å². The van der Waals surface area contributed by atoms with Crippen LogP contribution in [0.1, 0.15) is 43.0 Å². The number of benzene rings is 1. The predicted molar refractivity (Wildman–Crippen MR) is 65.0 cm³/mol. The van der Waals surface area contributed by atoms with Crippen molar-refractivity contribution in [2.45, 2.75) is 39.4 Å². The largest absolute Gasteiger partial charge is 0.416 e. The van der Waals surface area contributed by atoms with Crippen LogP contribution in [0.3, 0.4) is 0 Å². The number of aryl methyl sites for hydroxylation is 1. The van der Waals surface area contributed by atoms with Gasteiger partial charge in [0.15, 0.2) is 0 Å². The van der Waals surface area contributed by atoms with Gasteiger partial charge in [-0.3, -0.25) is 0 Å². The molecule has 2 unspecified atom stereocenters. The van der Waals surface area contributed by atoms with Crippen molar-refractivity contribution in [2.75, 3.05) is 0 Å². The Labute approximate surface area is 105 Å². The smallest absolute Gasteiger partial charge is 0.324 e. The normalized spacial score (nSPS) is 23.8. The topological polar surface area (TPSA) is 26.0 Å². The Morgan fingerprint density at radius 2 is 1.89 bits per heavy atom. The Bertz CT molecular complexity index is 463. The highest BCUT2D eigenvalue weighted by atomic mass is 19.4. The molecule has 4 heteroatoms. The van der Waals surface area contributed by atoms with Crippen molar-refractivity contribution in [3.63, 3.8) is 0 Å². The number of rotatable bonds is 2. The van der Waals surface area contributed by atoms with Crippen molar-refractivity contribution in [2.24, 2.45) is 17.1 Å². The summed E-state index contributed by atoms with van der Waals surface area (Å²) in [6.07, 6.45) is -3.25. The molecule has 0 bridgehead atoms. The third-order valence-corrected chi connectivity index (χ3v) is 3.98. The third-order valence-electron chi connectivity index (χ3n) is 3.98. The van der Waals surface area contributed by atoms with E-state index in [2.05, 4.69) is 13.8 Å². The summed E-state index contributed by atoms with van der Waals surface area (Å²) in [7, 11) is 0. The maximum absolute atomic E-state index is 12.6. The van der Waals surface area contributed by atoms with Crippen LogP contribution in [0.4, 0.5) is 13.2 Å². The zero-order valence-corrected chi connectivity index (χ0v) is 10.8. The van der Waals surface area contributed by atoms with Crippen molar-refractivity contribution < 1.29 is 13.2 Å². The average Bonchev–Trinajstić information content (AvgIpc) is 2.85.